The smallest absolute Gasteiger partial charge is 0.412 e. The fourth-order valence-electron chi connectivity index (χ4n) is 3.12. The summed E-state index contributed by atoms with van der Waals surface area (Å²) in [5.41, 5.74) is -1.36. The molecule has 0 bridgehead atoms. The van der Waals surface area contributed by atoms with Gasteiger partial charge in [0, 0.05) is 13.6 Å². The monoisotopic (exact) mass is 396 g/mol. The van der Waals surface area contributed by atoms with E-state index >= 15 is 0 Å². The number of ether oxygens (including phenoxy) is 2. The highest BCUT2D eigenvalue weighted by molar-refractivity contribution is 5.79. The number of aliphatic imine (C=N–C) groups is 1. The first kappa shape index (κ1) is 21.9. The Kier molecular flexibility index (Phi) is 6.53. The van der Waals surface area contributed by atoms with Crippen LogP contribution in [0.1, 0.15) is 53.3 Å². The van der Waals surface area contributed by atoms with Crippen LogP contribution in [0.25, 0.3) is 0 Å². The molecule has 1 fully saturated rings. The summed E-state index contributed by atoms with van der Waals surface area (Å²) >= 11 is 0. The number of aryl methyl sites for hydroxylation is 1. The number of carbonyl (C=O) groups is 1. The number of nitrogens with zero attached hydrogens (tertiary/aromatic N) is 4. The van der Waals surface area contributed by atoms with Crippen LogP contribution in [0.3, 0.4) is 0 Å². The summed E-state index contributed by atoms with van der Waals surface area (Å²) in [5, 5.41) is 10.1. The molecule has 0 saturated carbocycles. The van der Waals surface area contributed by atoms with Gasteiger partial charge in [-0.15, -0.1) is 0 Å². The van der Waals surface area contributed by atoms with Gasteiger partial charge in [0.05, 0.1) is 18.7 Å². The molecule has 158 valence electrons. The van der Waals surface area contributed by atoms with Gasteiger partial charge < -0.3 is 24.6 Å². The fourth-order valence-corrected chi connectivity index (χ4v) is 3.12. The second-order valence-electron chi connectivity index (χ2n) is 8.23. The maximum atomic E-state index is 12.8. The van der Waals surface area contributed by atoms with Crippen LogP contribution in [0.5, 0.6) is 0 Å². The Hall–Kier alpha value is -2.36. The Labute approximate surface area is 166 Å². The van der Waals surface area contributed by atoms with E-state index in [-0.39, 0.29) is 12.1 Å². The van der Waals surface area contributed by atoms with Gasteiger partial charge in [-0.1, -0.05) is 5.16 Å². The third kappa shape index (κ3) is 5.57. The van der Waals surface area contributed by atoms with Gasteiger partial charge in [-0.2, -0.15) is 4.98 Å². The van der Waals surface area contributed by atoms with Crippen molar-refractivity contribution in [2.45, 2.75) is 78.5 Å². The summed E-state index contributed by atoms with van der Waals surface area (Å²) in [4.78, 5) is 22.8. The predicted molar refractivity (Wildman–Crippen MR) is 104 cm³/mol. The third-order valence-electron chi connectivity index (χ3n) is 4.20. The van der Waals surface area contributed by atoms with Crippen LogP contribution in [0, 0.1) is 6.92 Å². The average molecular weight is 396 g/mol. The minimum atomic E-state index is -0.771. The van der Waals surface area contributed by atoms with E-state index < -0.39 is 17.4 Å². The van der Waals surface area contributed by atoms with Crippen molar-refractivity contribution in [1.29, 1.82) is 0 Å². The average Bonchev–Trinajstić information content (AvgIpc) is 3.05. The molecule has 28 heavy (non-hydrogen) atoms. The molecular formula is C18H32N6O4. The molecule has 10 nitrogen and oxygen atoms in total. The van der Waals surface area contributed by atoms with Crippen molar-refractivity contribution < 1.29 is 18.8 Å². The van der Waals surface area contributed by atoms with E-state index in [0.717, 1.165) is 0 Å². The standard InChI is InChI=1S/C18H32N6O4/c1-11-13(24(18(6,7)26-11)16(25)27-17(3,4)5)9-20-15(19-8)21-10-14-22-12(2)23-28-14/h11,13H,9-10H2,1-8H3,(H2,19,20,21). The molecule has 1 aromatic rings. The summed E-state index contributed by atoms with van der Waals surface area (Å²) < 4.78 is 16.7. The molecule has 0 radical (unpaired) electrons. The lowest BCUT2D eigenvalue weighted by molar-refractivity contribution is -0.0755. The van der Waals surface area contributed by atoms with Crippen molar-refractivity contribution in [2.24, 2.45) is 4.99 Å². The quantitative estimate of drug-likeness (QED) is 0.585. The molecule has 10 heteroatoms. The number of hydrogen-bond donors (Lipinski definition) is 2. The molecule has 1 aliphatic rings. The van der Waals surface area contributed by atoms with Gasteiger partial charge in [-0.05, 0) is 48.5 Å². The van der Waals surface area contributed by atoms with Crippen LogP contribution in [0.4, 0.5) is 4.79 Å². The Bertz CT molecular complexity index is 709. The Morgan fingerprint density at radius 1 is 1.36 bits per heavy atom. The summed E-state index contributed by atoms with van der Waals surface area (Å²) in [6.45, 7) is 13.7. The van der Waals surface area contributed by atoms with Gasteiger partial charge in [0.25, 0.3) is 0 Å². The van der Waals surface area contributed by atoms with Crippen molar-refractivity contribution in [2.75, 3.05) is 13.6 Å². The molecule has 1 aliphatic heterocycles. The number of aromatic nitrogens is 2. The molecule has 2 heterocycles. The molecule has 2 unspecified atom stereocenters. The van der Waals surface area contributed by atoms with Gasteiger partial charge in [-0.3, -0.25) is 9.89 Å². The van der Waals surface area contributed by atoms with Crippen LogP contribution in [0.2, 0.25) is 0 Å². The van der Waals surface area contributed by atoms with Gasteiger partial charge >= 0.3 is 6.09 Å². The first-order chi connectivity index (χ1) is 12.9. The molecule has 0 aliphatic carbocycles. The van der Waals surface area contributed by atoms with Crippen molar-refractivity contribution >= 4 is 12.1 Å². The number of nitrogens with one attached hydrogen (secondary N) is 2. The van der Waals surface area contributed by atoms with E-state index in [1.807, 2.05) is 41.5 Å². The molecule has 1 saturated heterocycles. The van der Waals surface area contributed by atoms with Gasteiger partial charge in [0.2, 0.25) is 5.89 Å². The number of guanidine groups is 1. The fraction of sp³-hybridized carbons (Fsp3) is 0.778. The second kappa shape index (κ2) is 8.34. The van der Waals surface area contributed by atoms with Gasteiger partial charge in [0.15, 0.2) is 11.8 Å². The molecule has 2 N–H and O–H groups in total. The Morgan fingerprint density at radius 2 is 2.04 bits per heavy atom. The summed E-state index contributed by atoms with van der Waals surface area (Å²) in [5.74, 6) is 1.60. The van der Waals surface area contributed by atoms with E-state index in [0.29, 0.717) is 30.8 Å². The maximum Gasteiger partial charge on any atom is 0.412 e. The number of hydrogen-bond acceptors (Lipinski definition) is 7. The van der Waals surface area contributed by atoms with E-state index in [2.05, 4.69) is 25.8 Å². The minimum absolute atomic E-state index is 0.174. The highest BCUT2D eigenvalue weighted by Gasteiger charge is 2.49. The van der Waals surface area contributed by atoms with Crippen molar-refractivity contribution in [3.8, 4) is 0 Å². The minimum Gasteiger partial charge on any atom is -0.444 e. The van der Waals surface area contributed by atoms with E-state index in [9.17, 15) is 4.79 Å². The van der Waals surface area contributed by atoms with Gasteiger partial charge in [-0.25, -0.2) is 4.79 Å². The first-order valence-corrected chi connectivity index (χ1v) is 9.37. The normalized spacial score (nSPS) is 22.3. The topological polar surface area (TPSA) is 114 Å². The van der Waals surface area contributed by atoms with E-state index in [1.165, 1.54) is 0 Å². The highest BCUT2D eigenvalue weighted by atomic mass is 16.6. The van der Waals surface area contributed by atoms with Crippen molar-refractivity contribution in [1.82, 2.24) is 25.7 Å². The second-order valence-corrected chi connectivity index (χ2v) is 8.23. The lowest BCUT2D eigenvalue weighted by Gasteiger charge is -2.35. The van der Waals surface area contributed by atoms with E-state index in [4.69, 9.17) is 14.0 Å². The summed E-state index contributed by atoms with van der Waals surface area (Å²) in [6.07, 6.45) is -0.579. The lowest BCUT2D eigenvalue weighted by atomic mass is 10.1. The maximum absolute atomic E-state index is 12.8. The summed E-state index contributed by atoms with van der Waals surface area (Å²) in [7, 11) is 1.67. The molecule has 1 amide bonds. The molecule has 2 rings (SSSR count). The Morgan fingerprint density at radius 3 is 2.57 bits per heavy atom. The van der Waals surface area contributed by atoms with E-state index in [1.54, 1.807) is 18.9 Å². The molecule has 1 aromatic heterocycles. The summed E-state index contributed by atoms with van der Waals surface area (Å²) in [6, 6.07) is -0.228. The number of amides is 1. The van der Waals surface area contributed by atoms with Crippen molar-refractivity contribution in [3.05, 3.63) is 11.7 Å². The first-order valence-electron chi connectivity index (χ1n) is 9.37. The zero-order chi connectivity index (χ0) is 21.1. The molecule has 0 spiro atoms. The number of rotatable bonds is 4. The zero-order valence-electron chi connectivity index (χ0n) is 18.0. The van der Waals surface area contributed by atoms with Crippen molar-refractivity contribution in [3.63, 3.8) is 0 Å². The van der Waals surface area contributed by atoms with Crippen LogP contribution in [-0.4, -0.2) is 64.2 Å². The molecule has 2 atom stereocenters. The van der Waals surface area contributed by atoms with Gasteiger partial charge in [0.1, 0.15) is 11.3 Å². The predicted octanol–water partition coefficient (Wildman–Crippen LogP) is 1.80. The highest BCUT2D eigenvalue weighted by Crippen LogP contribution is 2.33. The van der Waals surface area contributed by atoms with Crippen LogP contribution < -0.4 is 10.6 Å². The largest absolute Gasteiger partial charge is 0.444 e. The molecular weight excluding hydrogens is 364 g/mol. The lowest BCUT2D eigenvalue weighted by Crippen LogP contribution is -2.54. The molecule has 0 aromatic carbocycles. The van der Waals surface area contributed by atoms with Crippen LogP contribution >= 0.6 is 0 Å². The van der Waals surface area contributed by atoms with Crippen LogP contribution in [0.15, 0.2) is 9.52 Å². The third-order valence-corrected chi connectivity index (χ3v) is 4.20. The number of carbonyl (C=O) groups excluding carboxylic acids is 1. The zero-order valence-corrected chi connectivity index (χ0v) is 18.0. The Balaban J connectivity index is 2.01. The SMILES string of the molecule is CN=C(NCc1nc(C)no1)NCC1C(C)OC(C)(C)N1C(=O)OC(C)(C)C. The van der Waals surface area contributed by atoms with Crippen LogP contribution in [-0.2, 0) is 16.0 Å².